The van der Waals surface area contributed by atoms with Crippen LogP contribution in [0, 0.1) is 0 Å². The molecule has 0 saturated heterocycles. The minimum absolute atomic E-state index is 0.163. The number of carbonyl (C=O) groups excluding carboxylic acids is 2. The van der Waals surface area contributed by atoms with E-state index in [0.717, 1.165) is 6.29 Å². The summed E-state index contributed by atoms with van der Waals surface area (Å²) in [5.41, 5.74) is 0.591. The molecule has 4 nitrogen and oxygen atoms in total. The Balaban J connectivity index is 2.46. The number of aliphatic imine (C=N–C) groups is 1. The van der Waals surface area contributed by atoms with Crippen molar-refractivity contribution in [3.63, 3.8) is 0 Å². The van der Waals surface area contributed by atoms with Gasteiger partial charge in [0, 0.05) is 25.1 Å². The van der Waals surface area contributed by atoms with Crippen LogP contribution in [-0.2, 0) is 9.59 Å². The van der Waals surface area contributed by atoms with E-state index in [4.69, 9.17) is 0 Å². The number of hydrogen-bond acceptors (Lipinski definition) is 3. The van der Waals surface area contributed by atoms with Gasteiger partial charge in [-0.3, -0.25) is 9.59 Å². The zero-order valence-electron chi connectivity index (χ0n) is 6.13. The third-order valence-electron chi connectivity index (χ3n) is 1.23. The lowest BCUT2D eigenvalue weighted by molar-refractivity contribution is -0.117. The molecule has 1 amide bonds. The summed E-state index contributed by atoms with van der Waals surface area (Å²) in [5, 5.41) is 2.51. The molecular formula is C7H8N2O2. The number of nitrogens with zero attached hydrogens (tertiary/aromatic N) is 1. The third-order valence-corrected chi connectivity index (χ3v) is 1.23. The fourth-order valence-electron chi connectivity index (χ4n) is 0.797. The van der Waals surface area contributed by atoms with Gasteiger partial charge in [0.2, 0.25) is 5.91 Å². The molecule has 0 aliphatic carbocycles. The lowest BCUT2D eigenvalue weighted by atomic mass is 10.2. The fraction of sp³-hybridized carbons (Fsp3) is 0.286. The number of amidine groups is 1. The topological polar surface area (TPSA) is 58.5 Å². The molecule has 0 aromatic carbocycles. The van der Waals surface area contributed by atoms with Gasteiger partial charge >= 0.3 is 0 Å². The van der Waals surface area contributed by atoms with Gasteiger partial charge in [-0.05, 0) is 0 Å². The molecule has 11 heavy (non-hydrogen) atoms. The predicted octanol–water partition coefficient (Wildman–Crippen LogP) is 0.00750. The molecule has 0 saturated carbocycles. The number of nitrogens with one attached hydrogen (secondary N) is 1. The maximum absolute atomic E-state index is 10.5. The summed E-state index contributed by atoms with van der Waals surface area (Å²) in [7, 11) is 0. The molecule has 0 spiro atoms. The lowest BCUT2D eigenvalue weighted by Crippen LogP contribution is -2.26. The van der Waals surface area contributed by atoms with Crippen LogP contribution >= 0.6 is 0 Å². The smallest absolute Gasteiger partial charge is 0.222 e. The molecule has 0 bridgehead atoms. The first kappa shape index (κ1) is 7.65. The summed E-state index contributed by atoms with van der Waals surface area (Å²) in [4.78, 5) is 24.5. The molecule has 1 rings (SSSR count). The van der Waals surface area contributed by atoms with Crippen LogP contribution in [0.3, 0.4) is 0 Å². The minimum Gasteiger partial charge on any atom is -0.314 e. The Bertz CT molecular complexity index is 253. The van der Waals surface area contributed by atoms with E-state index in [-0.39, 0.29) is 5.91 Å². The molecule has 1 heterocycles. The van der Waals surface area contributed by atoms with Crippen molar-refractivity contribution in [2.75, 3.05) is 0 Å². The normalized spacial score (nSPS) is 15.4. The number of amides is 1. The Morgan fingerprint density at radius 3 is 3.00 bits per heavy atom. The third kappa shape index (κ3) is 2.00. The van der Waals surface area contributed by atoms with Gasteiger partial charge in [-0.15, -0.1) is 0 Å². The van der Waals surface area contributed by atoms with Gasteiger partial charge in [0.05, 0.1) is 0 Å². The van der Waals surface area contributed by atoms with E-state index < -0.39 is 0 Å². The van der Waals surface area contributed by atoms with Gasteiger partial charge in [0.15, 0.2) is 0 Å². The van der Waals surface area contributed by atoms with Crippen LogP contribution in [0.2, 0.25) is 0 Å². The van der Waals surface area contributed by atoms with Crippen LogP contribution in [-0.4, -0.2) is 18.0 Å². The molecule has 0 aromatic rings. The number of hydrogen-bond donors (Lipinski definition) is 1. The lowest BCUT2D eigenvalue weighted by Gasteiger charge is -1.98. The van der Waals surface area contributed by atoms with Crippen LogP contribution in [0.5, 0.6) is 0 Å². The number of carbonyl (C=O) groups is 2. The number of aldehydes is 1. The highest BCUT2D eigenvalue weighted by Crippen LogP contribution is 2.06. The summed E-state index contributed by atoms with van der Waals surface area (Å²) in [6.45, 7) is 1.40. The van der Waals surface area contributed by atoms with Gasteiger partial charge in [0.1, 0.15) is 12.1 Å². The van der Waals surface area contributed by atoms with Crippen molar-refractivity contribution in [2.45, 2.75) is 13.3 Å². The number of rotatable bonds is 1. The molecule has 1 N–H and O–H groups in total. The minimum atomic E-state index is -0.163. The predicted molar refractivity (Wildman–Crippen MR) is 40.0 cm³/mol. The largest absolute Gasteiger partial charge is 0.314 e. The van der Waals surface area contributed by atoms with E-state index in [9.17, 15) is 9.59 Å². The highest BCUT2D eigenvalue weighted by atomic mass is 16.1. The van der Waals surface area contributed by atoms with Gasteiger partial charge < -0.3 is 5.32 Å². The van der Waals surface area contributed by atoms with Crippen LogP contribution < -0.4 is 5.32 Å². The van der Waals surface area contributed by atoms with Gasteiger partial charge in [0.25, 0.3) is 0 Å². The maximum atomic E-state index is 10.5. The van der Waals surface area contributed by atoms with Gasteiger partial charge in [-0.1, -0.05) is 0 Å². The fourth-order valence-corrected chi connectivity index (χ4v) is 0.797. The molecule has 4 heteroatoms. The first-order chi connectivity index (χ1) is 5.22. The summed E-state index contributed by atoms with van der Waals surface area (Å²) >= 11 is 0. The van der Waals surface area contributed by atoms with E-state index in [1.54, 1.807) is 0 Å². The van der Waals surface area contributed by atoms with Crippen LogP contribution in [0.1, 0.15) is 13.3 Å². The molecule has 0 radical (unpaired) electrons. The van der Waals surface area contributed by atoms with Crippen molar-refractivity contribution in [1.82, 2.24) is 5.32 Å². The second-order valence-corrected chi connectivity index (χ2v) is 2.26. The average molecular weight is 152 g/mol. The summed E-state index contributed by atoms with van der Waals surface area (Å²) in [5.74, 6) is 0.379. The second kappa shape index (κ2) is 3.09. The molecule has 58 valence electrons. The van der Waals surface area contributed by atoms with Crippen molar-refractivity contribution >= 4 is 18.0 Å². The van der Waals surface area contributed by atoms with E-state index in [2.05, 4.69) is 10.3 Å². The van der Waals surface area contributed by atoms with E-state index in [1.807, 2.05) is 0 Å². The van der Waals surface area contributed by atoms with Crippen molar-refractivity contribution in [2.24, 2.45) is 4.99 Å². The zero-order valence-corrected chi connectivity index (χ0v) is 6.13. The van der Waals surface area contributed by atoms with Crippen molar-refractivity contribution in [3.05, 3.63) is 11.8 Å². The van der Waals surface area contributed by atoms with E-state index >= 15 is 0 Å². The molecular weight excluding hydrogens is 144 g/mol. The first-order valence-corrected chi connectivity index (χ1v) is 3.21. The Hall–Kier alpha value is -1.45. The second-order valence-electron chi connectivity index (χ2n) is 2.26. The van der Waals surface area contributed by atoms with Crippen LogP contribution in [0.4, 0.5) is 0 Å². The van der Waals surface area contributed by atoms with E-state index in [0.29, 0.717) is 17.8 Å². The molecule has 0 unspecified atom stereocenters. The Morgan fingerprint density at radius 2 is 2.55 bits per heavy atom. The quantitative estimate of drug-likeness (QED) is 0.538. The van der Waals surface area contributed by atoms with Crippen molar-refractivity contribution in [1.29, 1.82) is 0 Å². The Labute approximate surface area is 64.0 Å². The maximum Gasteiger partial charge on any atom is 0.222 e. The Kier molecular flexibility index (Phi) is 2.15. The van der Waals surface area contributed by atoms with Crippen LogP contribution in [0.15, 0.2) is 16.8 Å². The standard InChI is InChI=1S/C7H8N2O2/c1-5(11)9-7-2-6(4-10)3-8-7/h3-4H,2H2,1H3,(H,8,9,11). The zero-order chi connectivity index (χ0) is 8.27. The first-order valence-electron chi connectivity index (χ1n) is 3.21. The molecule has 1 aliphatic rings. The summed E-state index contributed by atoms with van der Waals surface area (Å²) in [6, 6.07) is 0. The van der Waals surface area contributed by atoms with Gasteiger partial charge in [-0.25, -0.2) is 4.99 Å². The molecule has 0 atom stereocenters. The van der Waals surface area contributed by atoms with Crippen molar-refractivity contribution in [3.8, 4) is 0 Å². The monoisotopic (exact) mass is 152 g/mol. The molecule has 0 fully saturated rings. The summed E-state index contributed by atoms with van der Waals surface area (Å²) in [6.07, 6.45) is 2.62. The SMILES string of the molecule is CC(=O)NC1=NC=C(C=O)C1. The van der Waals surface area contributed by atoms with Crippen molar-refractivity contribution < 1.29 is 9.59 Å². The highest BCUT2D eigenvalue weighted by molar-refractivity contribution is 6.02. The van der Waals surface area contributed by atoms with Gasteiger partial charge in [-0.2, -0.15) is 0 Å². The summed E-state index contributed by atoms with van der Waals surface area (Å²) < 4.78 is 0. The van der Waals surface area contributed by atoms with Crippen LogP contribution in [0.25, 0.3) is 0 Å². The highest BCUT2D eigenvalue weighted by Gasteiger charge is 2.09. The molecule has 1 aliphatic heterocycles. The Morgan fingerprint density at radius 1 is 1.82 bits per heavy atom. The average Bonchev–Trinajstić information content (AvgIpc) is 2.34. The molecule has 0 aromatic heterocycles. The van der Waals surface area contributed by atoms with E-state index in [1.165, 1.54) is 13.1 Å².